The third-order valence-corrected chi connectivity index (χ3v) is 5.20. The smallest absolute Gasteiger partial charge is 0.309 e. The molecule has 0 aromatic carbocycles. The average Bonchev–Trinajstić information content (AvgIpc) is 2.90. The van der Waals surface area contributed by atoms with Crippen LogP contribution in [0.1, 0.15) is 65.7 Å². The number of hydrogen-bond acceptors (Lipinski definition) is 4. The Morgan fingerprint density at radius 3 is 2.60 bits per heavy atom. The summed E-state index contributed by atoms with van der Waals surface area (Å²) in [5.41, 5.74) is -0.645. The van der Waals surface area contributed by atoms with Crippen molar-refractivity contribution in [1.29, 1.82) is 0 Å². The van der Waals surface area contributed by atoms with Crippen LogP contribution in [0, 0.1) is 5.92 Å². The third-order valence-electron chi connectivity index (χ3n) is 5.20. The first-order chi connectivity index (χ1) is 9.53. The lowest BCUT2D eigenvalue weighted by Crippen LogP contribution is -2.35. The second-order valence-electron chi connectivity index (χ2n) is 6.26. The van der Waals surface area contributed by atoms with Crippen molar-refractivity contribution in [3.63, 3.8) is 0 Å². The molecular formula is C16H26O4. The number of esters is 1. The maximum atomic E-state index is 11.5. The van der Waals surface area contributed by atoms with Crippen LogP contribution < -0.4 is 0 Å². The predicted octanol–water partition coefficient (Wildman–Crippen LogP) is 3.03. The second kappa shape index (κ2) is 5.84. The first kappa shape index (κ1) is 15.5. The molecule has 0 amide bonds. The highest BCUT2D eigenvalue weighted by atomic mass is 16.6. The van der Waals surface area contributed by atoms with Gasteiger partial charge in [0.25, 0.3) is 0 Å². The number of hydrogen-bond donors (Lipinski definition) is 0. The van der Waals surface area contributed by atoms with Gasteiger partial charge in [-0.05, 0) is 32.1 Å². The Labute approximate surface area is 121 Å². The molecule has 0 aliphatic carbocycles. The molecular weight excluding hydrogens is 256 g/mol. The molecule has 2 saturated heterocycles. The molecule has 0 unspecified atom stereocenters. The van der Waals surface area contributed by atoms with Crippen LogP contribution in [0.25, 0.3) is 0 Å². The maximum Gasteiger partial charge on any atom is 0.309 e. The van der Waals surface area contributed by atoms with Gasteiger partial charge in [0.15, 0.2) is 0 Å². The monoisotopic (exact) mass is 282 g/mol. The Morgan fingerprint density at radius 1 is 1.35 bits per heavy atom. The van der Waals surface area contributed by atoms with Crippen LogP contribution in [0.3, 0.4) is 0 Å². The third kappa shape index (κ3) is 2.62. The summed E-state index contributed by atoms with van der Waals surface area (Å²) in [4.78, 5) is 22.5. The molecule has 2 aliphatic heterocycles. The van der Waals surface area contributed by atoms with Crippen LogP contribution in [0.15, 0.2) is 0 Å². The number of carbonyl (C=O) groups excluding carboxylic acids is 2. The molecule has 0 aromatic heterocycles. The van der Waals surface area contributed by atoms with E-state index >= 15 is 0 Å². The lowest BCUT2D eigenvalue weighted by molar-refractivity contribution is -0.149. The molecule has 0 saturated carbocycles. The van der Waals surface area contributed by atoms with Crippen LogP contribution in [0.2, 0.25) is 0 Å². The zero-order chi connectivity index (χ0) is 14.8. The maximum absolute atomic E-state index is 11.5. The number of rotatable bonds is 7. The van der Waals surface area contributed by atoms with Gasteiger partial charge in [0, 0.05) is 12.3 Å². The van der Waals surface area contributed by atoms with Gasteiger partial charge in [-0.15, -0.1) is 0 Å². The largest absolute Gasteiger partial charge is 0.456 e. The second-order valence-corrected chi connectivity index (χ2v) is 6.26. The van der Waals surface area contributed by atoms with E-state index < -0.39 is 5.60 Å². The zero-order valence-electron chi connectivity index (χ0n) is 12.8. The summed E-state index contributed by atoms with van der Waals surface area (Å²) >= 11 is 0. The molecule has 0 radical (unpaired) electrons. The SMILES string of the molecule is CC[C@@H](C=O)CC[C@]1(CC)C[C@@]2(CC)OC(=O)C[C@H]2O1. The fourth-order valence-electron chi connectivity index (χ4n) is 3.63. The minimum Gasteiger partial charge on any atom is -0.456 e. The summed E-state index contributed by atoms with van der Waals surface area (Å²) in [7, 11) is 0. The van der Waals surface area contributed by atoms with Crippen molar-refractivity contribution >= 4 is 12.3 Å². The summed E-state index contributed by atoms with van der Waals surface area (Å²) in [5.74, 6) is -0.0246. The van der Waals surface area contributed by atoms with Crippen molar-refractivity contribution in [2.75, 3.05) is 0 Å². The molecule has 20 heavy (non-hydrogen) atoms. The topological polar surface area (TPSA) is 52.6 Å². The van der Waals surface area contributed by atoms with Crippen molar-refractivity contribution in [3.8, 4) is 0 Å². The Morgan fingerprint density at radius 2 is 2.10 bits per heavy atom. The Balaban J connectivity index is 2.07. The van der Waals surface area contributed by atoms with Gasteiger partial charge in [-0.2, -0.15) is 0 Å². The molecule has 2 heterocycles. The minimum absolute atomic E-state index is 0.101. The molecule has 2 rings (SSSR count). The highest BCUT2D eigenvalue weighted by molar-refractivity contribution is 5.73. The van der Waals surface area contributed by atoms with Crippen LogP contribution in [-0.4, -0.2) is 29.6 Å². The molecule has 2 aliphatic rings. The number of ether oxygens (including phenoxy) is 2. The summed E-state index contributed by atoms with van der Waals surface area (Å²) in [5, 5.41) is 0. The quantitative estimate of drug-likeness (QED) is 0.532. The first-order valence-corrected chi connectivity index (χ1v) is 7.88. The van der Waals surface area contributed by atoms with Crippen molar-refractivity contribution in [2.24, 2.45) is 5.92 Å². The van der Waals surface area contributed by atoms with Gasteiger partial charge in [-0.25, -0.2) is 0 Å². The predicted molar refractivity (Wildman–Crippen MR) is 75.3 cm³/mol. The Hall–Kier alpha value is -0.900. The fraction of sp³-hybridized carbons (Fsp3) is 0.875. The fourth-order valence-corrected chi connectivity index (χ4v) is 3.63. The van der Waals surface area contributed by atoms with Gasteiger partial charge in [0.1, 0.15) is 18.0 Å². The summed E-state index contributed by atoms with van der Waals surface area (Å²) in [6.45, 7) is 6.21. The highest BCUT2D eigenvalue weighted by Crippen LogP contribution is 2.51. The van der Waals surface area contributed by atoms with Gasteiger partial charge >= 0.3 is 5.97 Å². The van der Waals surface area contributed by atoms with E-state index in [1.807, 2.05) is 6.92 Å². The van der Waals surface area contributed by atoms with Gasteiger partial charge < -0.3 is 14.3 Å². The summed E-state index contributed by atoms with van der Waals surface area (Å²) in [6.07, 6.45) is 6.41. The minimum atomic E-state index is -0.421. The van der Waals surface area contributed by atoms with Crippen molar-refractivity contribution in [2.45, 2.75) is 83.0 Å². The average molecular weight is 282 g/mol. The summed E-state index contributed by atoms with van der Waals surface area (Å²) < 4.78 is 11.9. The number of aldehydes is 1. The van der Waals surface area contributed by atoms with Gasteiger partial charge in [0.05, 0.1) is 12.0 Å². The number of fused-ring (bicyclic) bond motifs is 1. The summed E-state index contributed by atoms with van der Waals surface area (Å²) in [6, 6.07) is 0. The molecule has 4 heteroatoms. The van der Waals surface area contributed by atoms with Crippen LogP contribution in [0.4, 0.5) is 0 Å². The van der Waals surface area contributed by atoms with E-state index in [4.69, 9.17) is 9.47 Å². The van der Waals surface area contributed by atoms with E-state index in [-0.39, 0.29) is 23.6 Å². The zero-order valence-corrected chi connectivity index (χ0v) is 12.8. The molecule has 114 valence electrons. The van der Waals surface area contributed by atoms with E-state index in [0.29, 0.717) is 6.42 Å². The first-order valence-electron chi connectivity index (χ1n) is 7.88. The van der Waals surface area contributed by atoms with Gasteiger partial charge in [0.2, 0.25) is 0 Å². The molecule has 0 bridgehead atoms. The van der Waals surface area contributed by atoms with Crippen molar-refractivity contribution < 1.29 is 19.1 Å². The van der Waals surface area contributed by atoms with Crippen LogP contribution >= 0.6 is 0 Å². The standard InChI is InChI=1S/C16H26O4/c1-4-12(10-17)7-8-15(5-2)11-16(6-3)13(19-15)9-14(18)20-16/h10,12-13H,4-9,11H2,1-3H3/t12-,13-,15-,16-/m1/s1. The van der Waals surface area contributed by atoms with E-state index in [9.17, 15) is 9.59 Å². The van der Waals surface area contributed by atoms with Crippen LogP contribution in [0.5, 0.6) is 0 Å². The molecule has 4 nitrogen and oxygen atoms in total. The number of carbonyl (C=O) groups is 2. The lowest BCUT2D eigenvalue weighted by atomic mass is 9.81. The van der Waals surface area contributed by atoms with E-state index in [1.54, 1.807) is 0 Å². The normalized spacial score (nSPS) is 37.5. The molecule has 0 spiro atoms. The Kier molecular flexibility index (Phi) is 4.52. The molecule has 4 atom stereocenters. The Bertz CT molecular complexity index is 381. The molecule has 0 aromatic rings. The van der Waals surface area contributed by atoms with E-state index in [2.05, 4.69) is 13.8 Å². The van der Waals surface area contributed by atoms with E-state index in [0.717, 1.165) is 44.8 Å². The van der Waals surface area contributed by atoms with Gasteiger partial charge in [-0.3, -0.25) is 4.79 Å². The van der Waals surface area contributed by atoms with Crippen molar-refractivity contribution in [3.05, 3.63) is 0 Å². The van der Waals surface area contributed by atoms with Crippen LogP contribution in [-0.2, 0) is 19.1 Å². The van der Waals surface area contributed by atoms with Crippen molar-refractivity contribution in [1.82, 2.24) is 0 Å². The lowest BCUT2D eigenvalue weighted by Gasteiger charge is -2.30. The molecule has 2 fully saturated rings. The molecule has 0 N–H and O–H groups in total. The highest BCUT2D eigenvalue weighted by Gasteiger charge is 2.60. The van der Waals surface area contributed by atoms with Gasteiger partial charge in [-0.1, -0.05) is 20.8 Å². The van der Waals surface area contributed by atoms with E-state index in [1.165, 1.54) is 0 Å².